The Morgan fingerprint density at radius 3 is 2.52 bits per heavy atom. The fraction of sp³-hybridized carbons (Fsp3) is 0.733. The van der Waals surface area contributed by atoms with Gasteiger partial charge in [-0.05, 0) is 38.6 Å². The van der Waals surface area contributed by atoms with E-state index in [1.165, 1.54) is 0 Å². The minimum Gasteiger partial charge on any atom is -0.464 e. The predicted octanol–water partition coefficient (Wildman–Crippen LogP) is 2.36. The number of nitrogens with one attached hydrogen (secondary N) is 1. The molecule has 6 heteroatoms. The van der Waals surface area contributed by atoms with E-state index in [1.54, 1.807) is 17.3 Å². The monoisotopic (exact) mass is 314 g/mol. The van der Waals surface area contributed by atoms with Gasteiger partial charge >= 0.3 is 0 Å². The number of rotatable bonds is 5. The van der Waals surface area contributed by atoms with Crippen LogP contribution in [0.15, 0.2) is 15.4 Å². The number of hydrogen-bond donors (Lipinski definition) is 1. The second kappa shape index (κ2) is 6.50. The van der Waals surface area contributed by atoms with E-state index >= 15 is 0 Å². The Morgan fingerprint density at radius 1 is 1.38 bits per heavy atom. The molecule has 1 fully saturated rings. The molecule has 21 heavy (non-hydrogen) atoms. The Balaban J connectivity index is 2.15. The number of furan rings is 1. The summed E-state index contributed by atoms with van der Waals surface area (Å²) in [6, 6.07) is 1.65. The fourth-order valence-corrected chi connectivity index (χ4v) is 4.62. The van der Waals surface area contributed by atoms with Gasteiger partial charge in [-0.1, -0.05) is 13.8 Å². The first-order chi connectivity index (χ1) is 9.86. The lowest BCUT2D eigenvalue weighted by Gasteiger charge is -2.32. The standard InChI is InChI=1S/C15H26N2O3S/c1-11(2)13-5-7-17(8-6-13)21(18,19)15-9-14(10-16-4)20-12(15)3/h9,11,13,16H,5-8,10H2,1-4H3. The number of aryl methyl sites for hydroxylation is 1. The average Bonchev–Trinajstić information content (AvgIpc) is 2.81. The average molecular weight is 314 g/mol. The lowest BCUT2D eigenvalue weighted by molar-refractivity contribution is 0.226. The van der Waals surface area contributed by atoms with Gasteiger partial charge in [0.25, 0.3) is 0 Å². The van der Waals surface area contributed by atoms with Crippen LogP contribution in [0, 0.1) is 18.8 Å². The van der Waals surface area contributed by atoms with Crippen molar-refractivity contribution in [1.82, 2.24) is 9.62 Å². The van der Waals surface area contributed by atoms with Crippen molar-refractivity contribution in [2.75, 3.05) is 20.1 Å². The summed E-state index contributed by atoms with van der Waals surface area (Å²) in [6.45, 7) is 7.88. The topological polar surface area (TPSA) is 62.6 Å². The summed E-state index contributed by atoms with van der Waals surface area (Å²) in [5.74, 6) is 2.38. The molecule has 5 nitrogen and oxygen atoms in total. The van der Waals surface area contributed by atoms with Gasteiger partial charge in [0.15, 0.2) is 0 Å². The van der Waals surface area contributed by atoms with Crippen LogP contribution >= 0.6 is 0 Å². The van der Waals surface area contributed by atoms with E-state index in [0.29, 0.717) is 47.9 Å². The summed E-state index contributed by atoms with van der Waals surface area (Å²) in [4.78, 5) is 0.316. The van der Waals surface area contributed by atoms with Crippen molar-refractivity contribution in [3.05, 3.63) is 17.6 Å². The summed E-state index contributed by atoms with van der Waals surface area (Å²) >= 11 is 0. The lowest BCUT2D eigenvalue weighted by Crippen LogP contribution is -2.39. The molecule has 0 spiro atoms. The smallest absolute Gasteiger partial charge is 0.246 e. The predicted molar refractivity (Wildman–Crippen MR) is 82.5 cm³/mol. The van der Waals surface area contributed by atoms with Gasteiger partial charge in [0.2, 0.25) is 10.0 Å². The molecular weight excluding hydrogens is 288 g/mol. The highest BCUT2D eigenvalue weighted by atomic mass is 32.2. The first-order valence-electron chi connectivity index (χ1n) is 7.60. The second-order valence-corrected chi connectivity index (χ2v) is 8.06. The van der Waals surface area contributed by atoms with Crippen LogP contribution < -0.4 is 5.32 Å². The molecule has 2 heterocycles. The van der Waals surface area contributed by atoms with E-state index in [0.717, 1.165) is 12.8 Å². The molecule has 1 saturated heterocycles. The van der Waals surface area contributed by atoms with E-state index < -0.39 is 10.0 Å². The SMILES string of the molecule is CNCc1cc(S(=O)(=O)N2CCC(C(C)C)CC2)c(C)o1. The lowest BCUT2D eigenvalue weighted by atomic mass is 9.87. The molecule has 0 unspecified atom stereocenters. The molecule has 0 aliphatic carbocycles. The summed E-state index contributed by atoms with van der Waals surface area (Å²) in [6.07, 6.45) is 1.88. The first-order valence-corrected chi connectivity index (χ1v) is 9.04. The number of nitrogens with zero attached hydrogens (tertiary/aromatic N) is 1. The van der Waals surface area contributed by atoms with E-state index in [1.807, 2.05) is 7.05 Å². The summed E-state index contributed by atoms with van der Waals surface area (Å²) in [5.41, 5.74) is 0. The van der Waals surface area contributed by atoms with E-state index in [2.05, 4.69) is 19.2 Å². The highest BCUT2D eigenvalue weighted by Crippen LogP contribution is 2.30. The highest BCUT2D eigenvalue weighted by Gasteiger charge is 2.32. The first kappa shape index (κ1) is 16.5. The molecule has 1 aliphatic rings. The van der Waals surface area contributed by atoms with Crippen LogP contribution in [0.1, 0.15) is 38.2 Å². The van der Waals surface area contributed by atoms with Crippen LogP contribution in [-0.2, 0) is 16.6 Å². The van der Waals surface area contributed by atoms with Gasteiger partial charge in [0, 0.05) is 19.2 Å². The molecule has 2 rings (SSSR count). The number of sulfonamides is 1. The van der Waals surface area contributed by atoms with Crippen LogP contribution in [0.5, 0.6) is 0 Å². The fourth-order valence-electron chi connectivity index (χ4n) is 2.96. The van der Waals surface area contributed by atoms with Crippen molar-refractivity contribution >= 4 is 10.0 Å². The van der Waals surface area contributed by atoms with Crippen molar-refractivity contribution in [2.24, 2.45) is 11.8 Å². The van der Waals surface area contributed by atoms with E-state index in [9.17, 15) is 8.42 Å². The zero-order chi connectivity index (χ0) is 15.6. The maximum absolute atomic E-state index is 12.7. The Hall–Kier alpha value is -0.850. The molecule has 0 atom stereocenters. The van der Waals surface area contributed by atoms with Crippen LogP contribution in [0.4, 0.5) is 0 Å². The van der Waals surface area contributed by atoms with Crippen molar-refractivity contribution < 1.29 is 12.8 Å². The van der Waals surface area contributed by atoms with Crippen molar-refractivity contribution in [3.8, 4) is 0 Å². The molecule has 1 aromatic rings. The Labute approximate surface area is 127 Å². The zero-order valence-electron chi connectivity index (χ0n) is 13.3. The summed E-state index contributed by atoms with van der Waals surface area (Å²) in [7, 11) is -1.62. The van der Waals surface area contributed by atoms with Gasteiger partial charge in [0.1, 0.15) is 16.4 Å². The third-order valence-corrected chi connectivity index (χ3v) is 6.34. The van der Waals surface area contributed by atoms with Gasteiger partial charge in [-0.2, -0.15) is 4.31 Å². The third-order valence-electron chi connectivity index (χ3n) is 4.33. The molecule has 1 aromatic heterocycles. The van der Waals surface area contributed by atoms with Crippen molar-refractivity contribution in [3.63, 3.8) is 0 Å². The van der Waals surface area contributed by atoms with Gasteiger partial charge in [-0.3, -0.25) is 0 Å². The van der Waals surface area contributed by atoms with Gasteiger partial charge in [-0.15, -0.1) is 0 Å². The maximum atomic E-state index is 12.7. The van der Waals surface area contributed by atoms with Crippen molar-refractivity contribution in [2.45, 2.75) is 45.1 Å². The normalized spacial score (nSPS) is 18.5. The molecule has 0 amide bonds. The van der Waals surface area contributed by atoms with E-state index in [4.69, 9.17) is 4.42 Å². The van der Waals surface area contributed by atoms with Gasteiger partial charge < -0.3 is 9.73 Å². The second-order valence-electron chi connectivity index (χ2n) is 6.15. The van der Waals surface area contributed by atoms with E-state index in [-0.39, 0.29) is 0 Å². The molecule has 120 valence electrons. The molecular formula is C15H26N2O3S. The van der Waals surface area contributed by atoms with Gasteiger partial charge in [0.05, 0.1) is 6.54 Å². The summed E-state index contributed by atoms with van der Waals surface area (Å²) < 4.78 is 32.6. The zero-order valence-corrected chi connectivity index (χ0v) is 14.2. The third kappa shape index (κ3) is 3.49. The largest absolute Gasteiger partial charge is 0.464 e. The maximum Gasteiger partial charge on any atom is 0.246 e. The molecule has 0 bridgehead atoms. The Kier molecular flexibility index (Phi) is 5.11. The minimum absolute atomic E-state index is 0.316. The number of hydrogen-bond acceptors (Lipinski definition) is 4. The molecule has 1 aliphatic heterocycles. The van der Waals surface area contributed by atoms with Crippen LogP contribution in [-0.4, -0.2) is 32.9 Å². The Morgan fingerprint density at radius 2 is 2.00 bits per heavy atom. The van der Waals surface area contributed by atoms with Crippen LogP contribution in [0.25, 0.3) is 0 Å². The van der Waals surface area contributed by atoms with Crippen molar-refractivity contribution in [1.29, 1.82) is 0 Å². The molecule has 0 saturated carbocycles. The minimum atomic E-state index is -3.43. The van der Waals surface area contributed by atoms with Crippen LogP contribution in [0.2, 0.25) is 0 Å². The molecule has 1 N–H and O–H groups in total. The summed E-state index contributed by atoms with van der Waals surface area (Å²) in [5, 5.41) is 2.97. The van der Waals surface area contributed by atoms with Crippen LogP contribution in [0.3, 0.4) is 0 Å². The Bertz CT molecular complexity index is 570. The number of piperidine rings is 1. The molecule has 0 radical (unpaired) electrons. The highest BCUT2D eigenvalue weighted by molar-refractivity contribution is 7.89. The van der Waals surface area contributed by atoms with Gasteiger partial charge in [-0.25, -0.2) is 8.42 Å². The quantitative estimate of drug-likeness (QED) is 0.906. The molecule has 0 aromatic carbocycles.